The molecule has 1 amide bonds. The number of ether oxygens (including phenoxy) is 1. The lowest BCUT2D eigenvalue weighted by Gasteiger charge is -2.24. The lowest BCUT2D eigenvalue weighted by Crippen LogP contribution is -2.40. The minimum atomic E-state index is -3.76. The van der Waals surface area contributed by atoms with Gasteiger partial charge in [0.2, 0.25) is 5.09 Å². The van der Waals surface area contributed by atoms with Crippen LogP contribution in [0.5, 0.6) is 0 Å². The zero-order valence-electron chi connectivity index (χ0n) is 12.6. The SMILES string of the molecule is O=C(Nc1ccccc1Br)c1ccc(S(=O)(=O)N2CCOCC2)o1. The molecule has 1 aromatic heterocycles. The fourth-order valence-corrected chi connectivity index (χ4v) is 3.94. The van der Waals surface area contributed by atoms with Crippen LogP contribution in [0.4, 0.5) is 5.69 Å². The lowest BCUT2D eigenvalue weighted by molar-refractivity contribution is 0.0723. The number of benzene rings is 1. The van der Waals surface area contributed by atoms with Crippen molar-refractivity contribution in [2.24, 2.45) is 0 Å². The van der Waals surface area contributed by atoms with Gasteiger partial charge in [-0.2, -0.15) is 4.31 Å². The number of rotatable bonds is 4. The number of amides is 1. The van der Waals surface area contributed by atoms with Crippen LogP contribution in [0.2, 0.25) is 0 Å². The van der Waals surface area contributed by atoms with Gasteiger partial charge in [0, 0.05) is 17.6 Å². The van der Waals surface area contributed by atoms with Gasteiger partial charge in [-0.25, -0.2) is 8.42 Å². The Kier molecular flexibility index (Phi) is 5.04. The smallest absolute Gasteiger partial charge is 0.291 e. The Bertz CT molecular complexity index is 843. The highest BCUT2D eigenvalue weighted by molar-refractivity contribution is 9.10. The molecule has 0 atom stereocenters. The summed E-state index contributed by atoms with van der Waals surface area (Å²) in [5.41, 5.74) is 0.566. The van der Waals surface area contributed by atoms with Crippen LogP contribution in [-0.4, -0.2) is 44.9 Å². The molecule has 0 spiro atoms. The number of furan rings is 1. The molecule has 1 aromatic carbocycles. The van der Waals surface area contributed by atoms with E-state index < -0.39 is 15.9 Å². The van der Waals surface area contributed by atoms with Crippen LogP contribution in [-0.2, 0) is 14.8 Å². The van der Waals surface area contributed by atoms with Crippen molar-refractivity contribution in [3.05, 3.63) is 46.6 Å². The maximum Gasteiger partial charge on any atom is 0.291 e. The van der Waals surface area contributed by atoms with Crippen LogP contribution in [0.15, 0.2) is 50.4 Å². The number of sulfonamides is 1. The summed E-state index contributed by atoms with van der Waals surface area (Å²) in [6.07, 6.45) is 0. The number of nitrogens with one attached hydrogen (secondary N) is 1. The molecule has 1 N–H and O–H groups in total. The molecule has 1 aliphatic heterocycles. The number of carbonyl (C=O) groups is 1. The maximum absolute atomic E-state index is 12.5. The Morgan fingerprint density at radius 2 is 1.83 bits per heavy atom. The van der Waals surface area contributed by atoms with Crippen LogP contribution in [0, 0.1) is 0 Å². The van der Waals surface area contributed by atoms with Crippen LogP contribution >= 0.6 is 15.9 Å². The first-order chi connectivity index (χ1) is 11.5. The van der Waals surface area contributed by atoms with E-state index in [2.05, 4.69) is 21.2 Å². The fourth-order valence-electron chi connectivity index (χ4n) is 2.24. The molecule has 0 bridgehead atoms. The number of nitrogens with zero attached hydrogens (tertiary/aromatic N) is 1. The summed E-state index contributed by atoms with van der Waals surface area (Å²) in [6.45, 7) is 1.22. The van der Waals surface area contributed by atoms with Crippen LogP contribution < -0.4 is 5.32 Å². The number of anilines is 1. The van der Waals surface area contributed by atoms with Crippen molar-refractivity contribution >= 4 is 37.5 Å². The van der Waals surface area contributed by atoms with Gasteiger partial charge in [0.1, 0.15) is 0 Å². The van der Waals surface area contributed by atoms with Crippen molar-refractivity contribution in [1.82, 2.24) is 4.31 Å². The molecular formula is C15H15BrN2O5S. The van der Waals surface area contributed by atoms with E-state index in [-0.39, 0.29) is 23.9 Å². The Balaban J connectivity index is 1.77. The summed E-state index contributed by atoms with van der Waals surface area (Å²) >= 11 is 3.33. The van der Waals surface area contributed by atoms with Crippen molar-refractivity contribution in [2.75, 3.05) is 31.6 Å². The van der Waals surface area contributed by atoms with E-state index in [4.69, 9.17) is 9.15 Å². The number of hydrogen-bond acceptors (Lipinski definition) is 5. The molecule has 2 heterocycles. The average molecular weight is 415 g/mol. The topological polar surface area (TPSA) is 88.9 Å². The van der Waals surface area contributed by atoms with E-state index in [0.717, 1.165) is 0 Å². The van der Waals surface area contributed by atoms with Crippen molar-refractivity contribution in [3.8, 4) is 0 Å². The molecule has 1 fully saturated rings. The first kappa shape index (κ1) is 17.2. The number of morpholine rings is 1. The highest BCUT2D eigenvalue weighted by Gasteiger charge is 2.30. The summed E-state index contributed by atoms with van der Waals surface area (Å²) in [7, 11) is -3.76. The highest BCUT2D eigenvalue weighted by atomic mass is 79.9. The molecule has 1 aliphatic rings. The molecule has 1 saturated heterocycles. The fraction of sp³-hybridized carbons (Fsp3) is 0.267. The normalized spacial score (nSPS) is 16.0. The predicted molar refractivity (Wildman–Crippen MR) is 90.4 cm³/mol. The highest BCUT2D eigenvalue weighted by Crippen LogP contribution is 2.24. The Hall–Kier alpha value is -1.68. The van der Waals surface area contributed by atoms with E-state index in [1.54, 1.807) is 18.2 Å². The van der Waals surface area contributed by atoms with Gasteiger partial charge in [0.05, 0.1) is 18.9 Å². The molecule has 7 nitrogen and oxygen atoms in total. The van der Waals surface area contributed by atoms with Gasteiger partial charge >= 0.3 is 0 Å². The molecular weight excluding hydrogens is 400 g/mol. The van der Waals surface area contributed by atoms with Gasteiger partial charge in [-0.1, -0.05) is 12.1 Å². The largest absolute Gasteiger partial charge is 0.438 e. The third kappa shape index (κ3) is 3.54. The van der Waals surface area contributed by atoms with E-state index in [0.29, 0.717) is 23.4 Å². The number of halogens is 1. The second-order valence-corrected chi connectivity index (χ2v) is 7.79. The van der Waals surface area contributed by atoms with Gasteiger partial charge < -0.3 is 14.5 Å². The molecule has 24 heavy (non-hydrogen) atoms. The van der Waals surface area contributed by atoms with E-state index in [1.807, 2.05) is 6.07 Å². The minimum Gasteiger partial charge on any atom is -0.438 e. The van der Waals surface area contributed by atoms with Gasteiger partial charge in [0.25, 0.3) is 15.9 Å². The third-order valence-corrected chi connectivity index (χ3v) is 5.96. The summed E-state index contributed by atoms with van der Waals surface area (Å²) in [4.78, 5) is 12.2. The standard InChI is InChI=1S/C15H15BrN2O5S/c16-11-3-1-2-4-12(11)17-15(19)13-5-6-14(23-13)24(20,21)18-7-9-22-10-8-18/h1-6H,7-10H2,(H,17,19). The number of carbonyl (C=O) groups excluding carboxylic acids is 1. The molecule has 0 unspecified atom stereocenters. The van der Waals surface area contributed by atoms with Gasteiger partial charge in [-0.15, -0.1) is 0 Å². The van der Waals surface area contributed by atoms with Crippen LogP contribution in [0.1, 0.15) is 10.6 Å². The zero-order chi connectivity index (χ0) is 17.2. The maximum atomic E-state index is 12.5. The quantitative estimate of drug-likeness (QED) is 0.828. The van der Waals surface area contributed by atoms with Crippen molar-refractivity contribution in [3.63, 3.8) is 0 Å². The van der Waals surface area contributed by atoms with E-state index in [1.165, 1.54) is 16.4 Å². The molecule has 128 valence electrons. The summed E-state index contributed by atoms with van der Waals surface area (Å²) in [5, 5.41) is 2.41. The van der Waals surface area contributed by atoms with Gasteiger partial charge in [0.15, 0.2) is 5.76 Å². The van der Waals surface area contributed by atoms with Gasteiger partial charge in [-0.05, 0) is 40.2 Å². The zero-order valence-corrected chi connectivity index (χ0v) is 15.0. The Morgan fingerprint density at radius 1 is 1.12 bits per heavy atom. The molecule has 0 aliphatic carbocycles. The molecule has 0 radical (unpaired) electrons. The third-order valence-electron chi connectivity index (χ3n) is 3.49. The second kappa shape index (κ2) is 7.06. The van der Waals surface area contributed by atoms with Crippen molar-refractivity contribution < 1.29 is 22.4 Å². The molecule has 2 aromatic rings. The van der Waals surface area contributed by atoms with Crippen molar-refractivity contribution in [2.45, 2.75) is 5.09 Å². The summed E-state index contributed by atoms with van der Waals surface area (Å²) in [6, 6.07) is 9.73. The minimum absolute atomic E-state index is 0.0717. The predicted octanol–water partition coefficient (Wildman–Crippen LogP) is 2.32. The Labute approximate surface area is 147 Å². The summed E-state index contributed by atoms with van der Waals surface area (Å²) < 4.78 is 37.4. The molecule has 0 saturated carbocycles. The first-order valence-corrected chi connectivity index (χ1v) is 9.45. The Morgan fingerprint density at radius 3 is 2.54 bits per heavy atom. The average Bonchev–Trinajstić information content (AvgIpc) is 3.09. The van der Waals surface area contributed by atoms with E-state index in [9.17, 15) is 13.2 Å². The second-order valence-electron chi connectivity index (χ2n) is 5.07. The first-order valence-electron chi connectivity index (χ1n) is 7.22. The van der Waals surface area contributed by atoms with Crippen LogP contribution in [0.3, 0.4) is 0 Å². The van der Waals surface area contributed by atoms with Crippen LogP contribution in [0.25, 0.3) is 0 Å². The summed E-state index contributed by atoms with van der Waals surface area (Å²) in [5.74, 6) is -0.595. The van der Waals surface area contributed by atoms with Crippen molar-refractivity contribution in [1.29, 1.82) is 0 Å². The number of hydrogen-bond donors (Lipinski definition) is 1. The monoisotopic (exact) mass is 414 g/mol. The molecule has 3 rings (SSSR count). The molecule has 9 heteroatoms. The number of para-hydroxylation sites is 1. The lowest BCUT2D eigenvalue weighted by atomic mass is 10.3. The van der Waals surface area contributed by atoms with Gasteiger partial charge in [-0.3, -0.25) is 4.79 Å². The van der Waals surface area contributed by atoms with E-state index >= 15 is 0 Å².